The first-order chi connectivity index (χ1) is 9.15. The molecule has 0 aliphatic rings. The zero-order valence-corrected chi connectivity index (χ0v) is 10.4. The third-order valence-corrected chi connectivity index (χ3v) is 2.74. The molecule has 0 atom stereocenters. The number of rotatable bonds is 4. The second kappa shape index (κ2) is 6.00. The highest BCUT2D eigenvalue weighted by Crippen LogP contribution is 2.07. The monoisotopic (exact) mass is 258 g/mol. The van der Waals surface area contributed by atoms with E-state index in [1.54, 1.807) is 30.3 Å². The quantitative estimate of drug-likeness (QED) is 0.827. The van der Waals surface area contributed by atoms with E-state index in [9.17, 15) is 9.18 Å². The number of benzene rings is 2. The van der Waals surface area contributed by atoms with Gasteiger partial charge >= 0.3 is 0 Å². The van der Waals surface area contributed by atoms with Crippen LogP contribution in [0.2, 0.25) is 0 Å². The van der Waals surface area contributed by atoms with Crippen LogP contribution in [-0.4, -0.2) is 12.5 Å². The molecule has 0 aromatic heterocycles. The Morgan fingerprint density at radius 3 is 2.68 bits per heavy atom. The van der Waals surface area contributed by atoms with E-state index >= 15 is 0 Å². The van der Waals surface area contributed by atoms with Gasteiger partial charge in [0.05, 0.1) is 0 Å². The van der Waals surface area contributed by atoms with Gasteiger partial charge in [-0.2, -0.15) is 0 Å². The van der Waals surface area contributed by atoms with Gasteiger partial charge in [-0.1, -0.05) is 18.2 Å². The molecular formula is C15H15FN2O. The van der Waals surface area contributed by atoms with Crippen LogP contribution < -0.4 is 11.1 Å². The number of nitrogen functional groups attached to an aromatic ring is 1. The minimum atomic E-state index is -0.264. The lowest BCUT2D eigenvalue weighted by Crippen LogP contribution is -2.25. The van der Waals surface area contributed by atoms with Gasteiger partial charge in [0.2, 0.25) is 0 Å². The fraction of sp³-hybridized carbons (Fsp3) is 0.133. The van der Waals surface area contributed by atoms with E-state index in [4.69, 9.17) is 5.73 Å². The number of carbonyl (C=O) groups excluding carboxylic acids is 1. The van der Waals surface area contributed by atoms with Gasteiger partial charge in [-0.25, -0.2) is 4.39 Å². The lowest BCUT2D eigenvalue weighted by molar-refractivity contribution is 0.0954. The number of nitrogens with one attached hydrogen (secondary N) is 1. The Morgan fingerprint density at radius 2 is 1.95 bits per heavy atom. The van der Waals surface area contributed by atoms with Crippen LogP contribution in [0.5, 0.6) is 0 Å². The van der Waals surface area contributed by atoms with Crippen molar-refractivity contribution < 1.29 is 9.18 Å². The summed E-state index contributed by atoms with van der Waals surface area (Å²) in [5, 5.41) is 2.78. The van der Waals surface area contributed by atoms with Gasteiger partial charge in [0.1, 0.15) is 5.82 Å². The number of amides is 1. The lowest BCUT2D eigenvalue weighted by atomic mass is 10.1. The topological polar surface area (TPSA) is 55.1 Å². The van der Waals surface area contributed by atoms with Gasteiger partial charge in [-0.3, -0.25) is 4.79 Å². The first kappa shape index (κ1) is 13.1. The summed E-state index contributed by atoms with van der Waals surface area (Å²) >= 11 is 0. The number of anilines is 1. The molecule has 0 fully saturated rings. The number of halogens is 1. The van der Waals surface area contributed by atoms with Crippen LogP contribution in [0.15, 0.2) is 48.5 Å². The zero-order chi connectivity index (χ0) is 13.7. The summed E-state index contributed by atoms with van der Waals surface area (Å²) in [4.78, 5) is 11.8. The summed E-state index contributed by atoms with van der Waals surface area (Å²) in [6.07, 6.45) is 0.589. The molecule has 0 spiro atoms. The molecule has 4 heteroatoms. The van der Waals surface area contributed by atoms with Gasteiger partial charge in [0.25, 0.3) is 5.91 Å². The molecular weight excluding hydrogens is 243 g/mol. The summed E-state index contributed by atoms with van der Waals surface area (Å²) in [6.45, 7) is 0.455. The van der Waals surface area contributed by atoms with Gasteiger partial charge in [0, 0.05) is 17.8 Å². The summed E-state index contributed by atoms with van der Waals surface area (Å²) in [6, 6.07) is 13.1. The third-order valence-electron chi connectivity index (χ3n) is 2.74. The van der Waals surface area contributed by atoms with E-state index in [-0.39, 0.29) is 11.7 Å². The molecule has 0 aliphatic carbocycles. The van der Waals surface area contributed by atoms with Crippen molar-refractivity contribution in [2.24, 2.45) is 0 Å². The Kier molecular flexibility index (Phi) is 4.13. The van der Waals surface area contributed by atoms with Crippen molar-refractivity contribution in [2.75, 3.05) is 12.3 Å². The second-order valence-corrected chi connectivity index (χ2v) is 4.26. The SMILES string of the molecule is Nc1cccc(C(=O)NCCc2cccc(F)c2)c1. The maximum Gasteiger partial charge on any atom is 0.251 e. The van der Waals surface area contributed by atoms with E-state index in [1.165, 1.54) is 12.1 Å². The van der Waals surface area contributed by atoms with Crippen LogP contribution in [0.25, 0.3) is 0 Å². The average Bonchev–Trinajstić information content (AvgIpc) is 2.38. The van der Waals surface area contributed by atoms with Crippen molar-refractivity contribution in [2.45, 2.75) is 6.42 Å². The molecule has 1 amide bonds. The minimum Gasteiger partial charge on any atom is -0.399 e. The van der Waals surface area contributed by atoms with Gasteiger partial charge in [-0.15, -0.1) is 0 Å². The number of hydrogen-bond donors (Lipinski definition) is 2. The highest BCUT2D eigenvalue weighted by molar-refractivity contribution is 5.94. The van der Waals surface area contributed by atoms with Crippen LogP contribution in [0.4, 0.5) is 10.1 Å². The minimum absolute atomic E-state index is 0.177. The molecule has 2 aromatic rings. The Labute approximate surface area is 111 Å². The summed E-state index contributed by atoms with van der Waals surface area (Å²) in [5.74, 6) is -0.441. The molecule has 3 nitrogen and oxygen atoms in total. The molecule has 98 valence electrons. The van der Waals surface area contributed by atoms with E-state index < -0.39 is 0 Å². The fourth-order valence-corrected chi connectivity index (χ4v) is 1.79. The van der Waals surface area contributed by atoms with Crippen LogP contribution in [0, 0.1) is 5.82 Å². The molecule has 0 aliphatic heterocycles. The molecule has 0 heterocycles. The summed E-state index contributed by atoms with van der Waals surface area (Å²) in [7, 11) is 0. The molecule has 0 bridgehead atoms. The summed E-state index contributed by atoms with van der Waals surface area (Å²) < 4.78 is 13.0. The first-order valence-corrected chi connectivity index (χ1v) is 6.03. The van der Waals surface area contributed by atoms with E-state index in [0.717, 1.165) is 5.56 Å². The maximum absolute atomic E-state index is 13.0. The van der Waals surface area contributed by atoms with Crippen LogP contribution in [0.1, 0.15) is 15.9 Å². The molecule has 19 heavy (non-hydrogen) atoms. The standard InChI is InChI=1S/C15H15FN2O/c16-13-5-1-3-11(9-13)7-8-18-15(19)12-4-2-6-14(17)10-12/h1-6,9-10H,7-8,17H2,(H,18,19). The normalized spacial score (nSPS) is 10.2. The van der Waals surface area contributed by atoms with Gasteiger partial charge < -0.3 is 11.1 Å². The first-order valence-electron chi connectivity index (χ1n) is 6.03. The van der Waals surface area contributed by atoms with Crippen LogP contribution >= 0.6 is 0 Å². The van der Waals surface area contributed by atoms with Crippen molar-refractivity contribution >= 4 is 11.6 Å². The molecule has 2 rings (SSSR count). The molecule has 3 N–H and O–H groups in total. The third kappa shape index (κ3) is 3.81. The number of nitrogens with two attached hydrogens (primary N) is 1. The van der Waals surface area contributed by atoms with E-state index in [0.29, 0.717) is 24.2 Å². The fourth-order valence-electron chi connectivity index (χ4n) is 1.79. The largest absolute Gasteiger partial charge is 0.399 e. The van der Waals surface area contributed by atoms with Crippen molar-refractivity contribution in [1.29, 1.82) is 0 Å². The van der Waals surface area contributed by atoms with Crippen molar-refractivity contribution in [3.63, 3.8) is 0 Å². The predicted molar refractivity (Wildman–Crippen MR) is 73.3 cm³/mol. The zero-order valence-electron chi connectivity index (χ0n) is 10.4. The molecule has 0 unspecified atom stereocenters. The number of carbonyl (C=O) groups is 1. The van der Waals surface area contributed by atoms with E-state index in [1.807, 2.05) is 6.07 Å². The molecule has 0 saturated carbocycles. The maximum atomic E-state index is 13.0. The Hall–Kier alpha value is -2.36. The Bertz CT molecular complexity index is 584. The second-order valence-electron chi connectivity index (χ2n) is 4.26. The van der Waals surface area contributed by atoms with Gasteiger partial charge in [0.15, 0.2) is 0 Å². The van der Waals surface area contributed by atoms with Gasteiger partial charge in [-0.05, 0) is 42.3 Å². The molecule has 0 saturated heterocycles. The Balaban J connectivity index is 1.87. The van der Waals surface area contributed by atoms with Crippen molar-refractivity contribution in [3.8, 4) is 0 Å². The predicted octanol–water partition coefficient (Wildman–Crippen LogP) is 2.38. The summed E-state index contributed by atoms with van der Waals surface area (Å²) in [5.41, 5.74) is 7.55. The highest BCUT2D eigenvalue weighted by Gasteiger charge is 2.04. The van der Waals surface area contributed by atoms with Crippen molar-refractivity contribution in [3.05, 3.63) is 65.5 Å². The molecule has 0 radical (unpaired) electrons. The lowest BCUT2D eigenvalue weighted by Gasteiger charge is -2.06. The molecule has 2 aromatic carbocycles. The average molecular weight is 258 g/mol. The smallest absolute Gasteiger partial charge is 0.251 e. The Morgan fingerprint density at radius 1 is 1.16 bits per heavy atom. The van der Waals surface area contributed by atoms with Crippen molar-refractivity contribution in [1.82, 2.24) is 5.32 Å². The highest BCUT2D eigenvalue weighted by atomic mass is 19.1. The van der Waals surface area contributed by atoms with E-state index in [2.05, 4.69) is 5.32 Å². The van der Waals surface area contributed by atoms with Crippen LogP contribution in [-0.2, 0) is 6.42 Å². The van der Waals surface area contributed by atoms with Crippen LogP contribution in [0.3, 0.4) is 0 Å². The number of hydrogen-bond acceptors (Lipinski definition) is 2.